The van der Waals surface area contributed by atoms with Crippen LogP contribution in [0.1, 0.15) is 20.3 Å². The highest BCUT2D eigenvalue weighted by molar-refractivity contribution is 5.91. The lowest BCUT2D eigenvalue weighted by atomic mass is 9.95. The van der Waals surface area contributed by atoms with Crippen LogP contribution in [0.5, 0.6) is 0 Å². The number of nitrogens with zero attached hydrogens (tertiary/aromatic N) is 2. The maximum atomic E-state index is 7.63. The van der Waals surface area contributed by atoms with Gasteiger partial charge in [0.15, 0.2) is 5.96 Å². The lowest BCUT2D eigenvalue weighted by Gasteiger charge is -2.17. The van der Waals surface area contributed by atoms with Crippen LogP contribution in [0.4, 0.5) is 0 Å². The Bertz CT molecular complexity index is 242. The Morgan fingerprint density at radius 3 is 2.57 bits per heavy atom. The molecule has 1 saturated heterocycles. The molecule has 0 bridgehead atoms. The normalized spacial score (nSPS) is 21.4. The SMILES string of the molecule is CC(C)C1CCN(C(=N)N=C(N)N)C1. The summed E-state index contributed by atoms with van der Waals surface area (Å²) in [7, 11) is 0. The summed E-state index contributed by atoms with van der Waals surface area (Å²) in [5.41, 5.74) is 10.4. The average Bonchev–Trinajstić information content (AvgIpc) is 2.50. The second-order valence-electron chi connectivity index (χ2n) is 4.10. The number of hydrogen-bond donors (Lipinski definition) is 3. The summed E-state index contributed by atoms with van der Waals surface area (Å²) in [6.07, 6.45) is 1.13. The zero-order chi connectivity index (χ0) is 10.7. The van der Waals surface area contributed by atoms with Crippen molar-refractivity contribution in [2.24, 2.45) is 28.3 Å². The van der Waals surface area contributed by atoms with Crippen LogP contribution in [-0.4, -0.2) is 29.9 Å². The largest absolute Gasteiger partial charge is 0.370 e. The molecule has 1 rings (SSSR count). The Morgan fingerprint density at radius 1 is 1.50 bits per heavy atom. The third-order valence-corrected chi connectivity index (χ3v) is 2.70. The molecule has 1 unspecified atom stereocenters. The highest BCUT2D eigenvalue weighted by Crippen LogP contribution is 2.23. The zero-order valence-corrected chi connectivity index (χ0v) is 8.83. The molecule has 0 aromatic rings. The molecule has 0 aromatic heterocycles. The second kappa shape index (κ2) is 4.30. The van der Waals surface area contributed by atoms with Crippen molar-refractivity contribution in [1.29, 1.82) is 5.41 Å². The van der Waals surface area contributed by atoms with E-state index in [9.17, 15) is 0 Å². The van der Waals surface area contributed by atoms with Gasteiger partial charge in [0.2, 0.25) is 5.96 Å². The van der Waals surface area contributed by atoms with E-state index in [2.05, 4.69) is 18.8 Å². The van der Waals surface area contributed by atoms with Gasteiger partial charge >= 0.3 is 0 Å². The first kappa shape index (κ1) is 10.8. The van der Waals surface area contributed by atoms with E-state index in [-0.39, 0.29) is 11.9 Å². The first-order valence-corrected chi connectivity index (χ1v) is 4.94. The summed E-state index contributed by atoms with van der Waals surface area (Å²) in [6, 6.07) is 0. The molecule has 5 N–H and O–H groups in total. The van der Waals surface area contributed by atoms with Crippen molar-refractivity contribution >= 4 is 11.9 Å². The van der Waals surface area contributed by atoms with Crippen molar-refractivity contribution in [2.75, 3.05) is 13.1 Å². The number of nitrogens with one attached hydrogen (secondary N) is 1. The van der Waals surface area contributed by atoms with Gasteiger partial charge < -0.3 is 16.4 Å². The minimum atomic E-state index is -0.0389. The van der Waals surface area contributed by atoms with Gasteiger partial charge in [-0.15, -0.1) is 0 Å². The number of nitrogens with two attached hydrogens (primary N) is 2. The summed E-state index contributed by atoms with van der Waals surface area (Å²) in [4.78, 5) is 5.66. The van der Waals surface area contributed by atoms with E-state index in [1.807, 2.05) is 4.90 Å². The van der Waals surface area contributed by atoms with Gasteiger partial charge in [0.1, 0.15) is 0 Å². The molecule has 0 saturated carbocycles. The Labute approximate surface area is 84.7 Å². The number of guanidine groups is 2. The number of aliphatic imine (C=N–C) groups is 1. The topological polar surface area (TPSA) is 91.5 Å². The summed E-state index contributed by atoms with van der Waals surface area (Å²) in [5, 5.41) is 7.63. The van der Waals surface area contributed by atoms with E-state index in [0.29, 0.717) is 11.8 Å². The lowest BCUT2D eigenvalue weighted by molar-refractivity contribution is 0.387. The molecule has 0 amide bonds. The quantitative estimate of drug-likeness (QED) is 0.413. The molecule has 0 aliphatic carbocycles. The molecule has 14 heavy (non-hydrogen) atoms. The standard InChI is InChI=1S/C9H19N5/c1-6(2)7-3-4-14(5-7)9(12)13-8(10)11/h6-7H,3-5H2,1-2H3,(H5,10,11,12,13). The maximum absolute atomic E-state index is 7.63. The molecule has 1 heterocycles. The predicted molar refractivity (Wildman–Crippen MR) is 58.1 cm³/mol. The minimum absolute atomic E-state index is 0.0389. The Morgan fingerprint density at radius 2 is 2.14 bits per heavy atom. The zero-order valence-electron chi connectivity index (χ0n) is 8.83. The van der Waals surface area contributed by atoms with Crippen molar-refractivity contribution in [3.8, 4) is 0 Å². The fraction of sp³-hybridized carbons (Fsp3) is 0.778. The smallest absolute Gasteiger partial charge is 0.221 e. The Balaban J connectivity index is 2.50. The predicted octanol–water partition coefficient (Wildman–Crippen LogP) is 0.172. The first-order chi connectivity index (χ1) is 6.50. The van der Waals surface area contributed by atoms with Gasteiger partial charge in [0.05, 0.1) is 0 Å². The third-order valence-electron chi connectivity index (χ3n) is 2.70. The van der Waals surface area contributed by atoms with Crippen LogP contribution in [0.25, 0.3) is 0 Å². The van der Waals surface area contributed by atoms with Crippen molar-refractivity contribution in [3.63, 3.8) is 0 Å². The van der Waals surface area contributed by atoms with Crippen LogP contribution in [0.2, 0.25) is 0 Å². The van der Waals surface area contributed by atoms with Crippen molar-refractivity contribution in [3.05, 3.63) is 0 Å². The maximum Gasteiger partial charge on any atom is 0.221 e. The van der Waals surface area contributed by atoms with Crippen molar-refractivity contribution < 1.29 is 0 Å². The molecule has 80 valence electrons. The van der Waals surface area contributed by atoms with Crippen LogP contribution in [0, 0.1) is 17.2 Å². The molecule has 5 heteroatoms. The van der Waals surface area contributed by atoms with Gasteiger partial charge in [0.25, 0.3) is 0 Å². The summed E-state index contributed by atoms with van der Waals surface area (Å²) >= 11 is 0. The van der Waals surface area contributed by atoms with E-state index >= 15 is 0 Å². The molecule has 1 atom stereocenters. The van der Waals surface area contributed by atoms with E-state index < -0.39 is 0 Å². The van der Waals surface area contributed by atoms with Crippen LogP contribution < -0.4 is 11.5 Å². The fourth-order valence-corrected chi connectivity index (χ4v) is 1.72. The highest BCUT2D eigenvalue weighted by atomic mass is 15.3. The Kier molecular flexibility index (Phi) is 3.33. The van der Waals surface area contributed by atoms with Crippen LogP contribution in [0.15, 0.2) is 4.99 Å². The third kappa shape index (κ3) is 2.61. The van der Waals surface area contributed by atoms with Crippen molar-refractivity contribution in [1.82, 2.24) is 4.90 Å². The van der Waals surface area contributed by atoms with Gasteiger partial charge in [-0.2, -0.15) is 4.99 Å². The molecule has 0 radical (unpaired) electrons. The van der Waals surface area contributed by atoms with E-state index in [0.717, 1.165) is 19.5 Å². The first-order valence-electron chi connectivity index (χ1n) is 4.94. The molecule has 0 aromatic carbocycles. The van der Waals surface area contributed by atoms with Crippen LogP contribution >= 0.6 is 0 Å². The summed E-state index contributed by atoms with van der Waals surface area (Å²) in [6.45, 7) is 6.20. The minimum Gasteiger partial charge on any atom is -0.370 e. The number of hydrogen-bond acceptors (Lipinski definition) is 1. The van der Waals surface area contributed by atoms with Gasteiger partial charge in [-0.3, -0.25) is 5.41 Å². The van der Waals surface area contributed by atoms with Gasteiger partial charge in [-0.25, -0.2) is 0 Å². The molecule has 1 fully saturated rings. The second-order valence-corrected chi connectivity index (χ2v) is 4.10. The molecular weight excluding hydrogens is 178 g/mol. The van der Waals surface area contributed by atoms with E-state index in [1.54, 1.807) is 0 Å². The average molecular weight is 197 g/mol. The fourth-order valence-electron chi connectivity index (χ4n) is 1.72. The van der Waals surface area contributed by atoms with Gasteiger partial charge in [0, 0.05) is 13.1 Å². The number of likely N-dealkylation sites (tertiary alicyclic amines) is 1. The van der Waals surface area contributed by atoms with Crippen LogP contribution in [0.3, 0.4) is 0 Å². The molecular formula is C9H19N5. The summed E-state index contributed by atoms with van der Waals surface area (Å²) < 4.78 is 0. The van der Waals surface area contributed by atoms with E-state index in [4.69, 9.17) is 16.9 Å². The highest BCUT2D eigenvalue weighted by Gasteiger charge is 2.26. The number of rotatable bonds is 1. The van der Waals surface area contributed by atoms with E-state index in [1.165, 1.54) is 0 Å². The Hall–Kier alpha value is -1.26. The lowest BCUT2D eigenvalue weighted by Crippen LogP contribution is -2.32. The molecule has 0 spiro atoms. The molecule has 5 nitrogen and oxygen atoms in total. The molecule has 1 aliphatic rings. The monoisotopic (exact) mass is 197 g/mol. The van der Waals surface area contributed by atoms with Crippen molar-refractivity contribution in [2.45, 2.75) is 20.3 Å². The van der Waals surface area contributed by atoms with Gasteiger partial charge in [-0.05, 0) is 18.3 Å². The van der Waals surface area contributed by atoms with Crippen LogP contribution in [-0.2, 0) is 0 Å². The molecule has 1 aliphatic heterocycles. The van der Waals surface area contributed by atoms with Gasteiger partial charge in [-0.1, -0.05) is 13.8 Å². The summed E-state index contributed by atoms with van der Waals surface area (Å²) in [5.74, 6) is 1.47.